The third-order valence-electron chi connectivity index (χ3n) is 5.04. The minimum Gasteiger partial charge on any atom is -0.497 e. The van der Waals surface area contributed by atoms with Gasteiger partial charge in [-0.1, -0.05) is 35.3 Å². The first-order valence-electron chi connectivity index (χ1n) is 9.71. The number of benzene rings is 2. The number of carbonyl (C=O) groups is 2. The summed E-state index contributed by atoms with van der Waals surface area (Å²) < 4.78 is 12.2. The van der Waals surface area contributed by atoms with Crippen LogP contribution < -0.4 is 15.4 Å². The van der Waals surface area contributed by atoms with Crippen LogP contribution in [0.25, 0.3) is 11.1 Å². The van der Waals surface area contributed by atoms with Crippen LogP contribution in [0, 0.1) is 0 Å². The first kappa shape index (κ1) is 22.1. The highest BCUT2D eigenvalue weighted by Gasteiger charge is 2.37. The Morgan fingerprint density at radius 2 is 2.03 bits per heavy atom. The molecular weight excluding hydrogens is 455 g/mol. The molecule has 2 aromatic carbocycles. The van der Waals surface area contributed by atoms with Crippen LogP contribution in [0.3, 0.4) is 0 Å². The number of rotatable bonds is 7. The zero-order valence-electron chi connectivity index (χ0n) is 17.3. The lowest BCUT2D eigenvalue weighted by Gasteiger charge is -2.11. The molecule has 2 amide bonds. The largest absolute Gasteiger partial charge is 0.497 e. The summed E-state index contributed by atoms with van der Waals surface area (Å²) in [5.74, 6) is 0.459. The van der Waals surface area contributed by atoms with E-state index in [9.17, 15) is 9.59 Å². The van der Waals surface area contributed by atoms with Gasteiger partial charge in [0.2, 0.25) is 5.91 Å². The Morgan fingerprint density at radius 3 is 2.78 bits per heavy atom. The molecule has 0 saturated carbocycles. The van der Waals surface area contributed by atoms with Crippen molar-refractivity contribution in [1.29, 1.82) is 0 Å². The van der Waals surface area contributed by atoms with Crippen LogP contribution >= 0.6 is 23.2 Å². The normalized spacial score (nSPS) is 14.8. The number of anilines is 2. The van der Waals surface area contributed by atoms with E-state index in [1.165, 1.54) is 4.68 Å². The molecular formula is C22H20Cl2N4O4. The fraction of sp³-hybridized carbons (Fsp3) is 0.227. The maximum Gasteiger partial charge on any atom is 0.251 e. The number of fused-ring (bicyclic) bond motifs is 1. The smallest absolute Gasteiger partial charge is 0.251 e. The fourth-order valence-corrected chi connectivity index (χ4v) is 3.94. The van der Waals surface area contributed by atoms with Crippen molar-refractivity contribution in [2.45, 2.75) is 19.1 Å². The average molecular weight is 475 g/mol. The van der Waals surface area contributed by atoms with E-state index >= 15 is 0 Å². The Bertz CT molecular complexity index is 1190. The number of halogens is 2. The number of methoxy groups -OCH3 is 2. The number of carbonyl (C=O) groups excluding carboxylic acids is 2. The molecule has 32 heavy (non-hydrogen) atoms. The van der Waals surface area contributed by atoms with E-state index < -0.39 is 11.9 Å². The highest BCUT2D eigenvalue weighted by molar-refractivity contribution is 6.35. The first-order chi connectivity index (χ1) is 15.4. The molecule has 0 saturated heterocycles. The second-order valence-corrected chi connectivity index (χ2v) is 8.00. The van der Waals surface area contributed by atoms with Crippen LogP contribution in [0.5, 0.6) is 5.75 Å². The van der Waals surface area contributed by atoms with Crippen LogP contribution in [0.1, 0.15) is 18.2 Å². The predicted octanol–water partition coefficient (Wildman–Crippen LogP) is 4.53. The highest BCUT2D eigenvalue weighted by atomic mass is 35.5. The molecule has 2 heterocycles. The topological polar surface area (TPSA) is 94.5 Å². The van der Waals surface area contributed by atoms with E-state index in [0.717, 1.165) is 11.1 Å². The number of hydrogen-bond acceptors (Lipinski definition) is 5. The third-order valence-corrected chi connectivity index (χ3v) is 5.61. The average Bonchev–Trinajstić information content (AvgIpc) is 3.26. The Hall–Kier alpha value is -3.07. The van der Waals surface area contributed by atoms with Gasteiger partial charge in [0.15, 0.2) is 0 Å². The molecule has 3 aromatic rings. The van der Waals surface area contributed by atoms with Crippen molar-refractivity contribution in [3.63, 3.8) is 0 Å². The van der Waals surface area contributed by atoms with Gasteiger partial charge in [-0.05, 0) is 35.9 Å². The molecule has 4 rings (SSSR count). The van der Waals surface area contributed by atoms with Gasteiger partial charge in [-0.15, -0.1) is 0 Å². The van der Waals surface area contributed by atoms with Crippen molar-refractivity contribution in [3.05, 3.63) is 58.2 Å². The Kier molecular flexibility index (Phi) is 6.36. The van der Waals surface area contributed by atoms with Gasteiger partial charge in [-0.3, -0.25) is 9.59 Å². The Balaban J connectivity index is 1.64. The van der Waals surface area contributed by atoms with Crippen molar-refractivity contribution in [2.75, 3.05) is 24.9 Å². The molecule has 166 valence electrons. The molecule has 1 aromatic heterocycles. The molecule has 0 radical (unpaired) electrons. The minimum absolute atomic E-state index is 0.132. The Labute approximate surface area is 194 Å². The van der Waals surface area contributed by atoms with Crippen LogP contribution in [0.4, 0.5) is 11.5 Å². The molecule has 2 N–H and O–H groups in total. The van der Waals surface area contributed by atoms with E-state index in [2.05, 4.69) is 15.7 Å². The zero-order chi connectivity index (χ0) is 22.8. The molecule has 1 unspecified atom stereocenters. The molecule has 1 atom stereocenters. The van der Waals surface area contributed by atoms with Crippen LogP contribution in [0.15, 0.2) is 42.5 Å². The van der Waals surface area contributed by atoms with Crippen molar-refractivity contribution < 1.29 is 19.1 Å². The van der Waals surface area contributed by atoms with Gasteiger partial charge >= 0.3 is 0 Å². The first-order valence-corrected chi connectivity index (χ1v) is 10.5. The summed E-state index contributed by atoms with van der Waals surface area (Å²) in [4.78, 5) is 25.4. The van der Waals surface area contributed by atoms with E-state index in [-0.39, 0.29) is 18.9 Å². The monoisotopic (exact) mass is 474 g/mol. The third kappa shape index (κ3) is 4.29. The van der Waals surface area contributed by atoms with Gasteiger partial charge in [-0.25, -0.2) is 4.68 Å². The SMILES string of the molecule is COCc1nn2c(c1-c1cccc(OC)c1)NC(=O)C2CC(=O)Nc1cc(Cl)ccc1Cl. The van der Waals surface area contributed by atoms with E-state index in [4.69, 9.17) is 32.7 Å². The zero-order valence-corrected chi connectivity index (χ0v) is 18.8. The lowest BCUT2D eigenvalue weighted by atomic mass is 10.1. The van der Waals surface area contributed by atoms with Gasteiger partial charge in [0, 0.05) is 12.1 Å². The molecule has 1 aliphatic heterocycles. The molecule has 10 heteroatoms. The summed E-state index contributed by atoms with van der Waals surface area (Å²) >= 11 is 12.1. The van der Waals surface area contributed by atoms with Gasteiger partial charge in [0.1, 0.15) is 17.6 Å². The number of ether oxygens (including phenoxy) is 2. The number of nitrogens with one attached hydrogen (secondary N) is 2. The molecule has 1 aliphatic rings. The fourth-order valence-electron chi connectivity index (χ4n) is 3.61. The predicted molar refractivity (Wildman–Crippen MR) is 122 cm³/mol. The molecule has 0 fully saturated rings. The minimum atomic E-state index is -0.821. The van der Waals surface area contributed by atoms with Gasteiger partial charge in [0.25, 0.3) is 5.91 Å². The Morgan fingerprint density at radius 1 is 1.22 bits per heavy atom. The summed E-state index contributed by atoms with van der Waals surface area (Å²) in [5.41, 5.74) is 2.55. The maximum atomic E-state index is 12.7. The summed E-state index contributed by atoms with van der Waals surface area (Å²) in [6.07, 6.45) is -0.132. The number of amides is 2. The molecule has 0 bridgehead atoms. The lowest BCUT2D eigenvalue weighted by molar-refractivity contribution is -0.123. The maximum absolute atomic E-state index is 12.7. The summed E-state index contributed by atoms with van der Waals surface area (Å²) in [6, 6.07) is 11.4. The second-order valence-electron chi connectivity index (χ2n) is 7.16. The van der Waals surface area contributed by atoms with Crippen LogP contribution in [-0.2, 0) is 20.9 Å². The summed E-state index contributed by atoms with van der Waals surface area (Å²) in [5, 5.41) is 10.9. The second kappa shape index (κ2) is 9.20. The summed E-state index contributed by atoms with van der Waals surface area (Å²) in [7, 11) is 3.15. The molecule has 8 nitrogen and oxygen atoms in total. The van der Waals surface area contributed by atoms with Crippen LogP contribution in [0.2, 0.25) is 10.0 Å². The van der Waals surface area contributed by atoms with Gasteiger partial charge in [-0.2, -0.15) is 5.10 Å². The lowest BCUT2D eigenvalue weighted by Crippen LogP contribution is -2.24. The number of aromatic nitrogens is 2. The standard InChI is InChI=1S/C22H20Cl2N4O4/c1-31-11-17-20(12-4-3-5-14(8-12)32-2)21-26-22(30)18(28(21)27-17)10-19(29)25-16-9-13(23)6-7-15(16)24/h3-9,18H,10-11H2,1-2H3,(H,25,29)(H,26,30). The van der Waals surface area contributed by atoms with Gasteiger partial charge < -0.3 is 20.1 Å². The van der Waals surface area contributed by atoms with E-state index in [1.54, 1.807) is 32.4 Å². The number of nitrogens with zero attached hydrogens (tertiary/aromatic N) is 2. The summed E-state index contributed by atoms with van der Waals surface area (Å²) in [6.45, 7) is 0.236. The highest BCUT2D eigenvalue weighted by Crippen LogP contribution is 2.40. The van der Waals surface area contributed by atoms with Crippen molar-refractivity contribution in [2.24, 2.45) is 0 Å². The van der Waals surface area contributed by atoms with Gasteiger partial charge in [0.05, 0.1) is 42.1 Å². The van der Waals surface area contributed by atoms with Crippen LogP contribution in [-0.4, -0.2) is 35.8 Å². The molecule has 0 aliphatic carbocycles. The number of hydrogen-bond donors (Lipinski definition) is 2. The van der Waals surface area contributed by atoms with E-state index in [1.807, 2.05) is 24.3 Å². The quantitative estimate of drug-likeness (QED) is 0.524. The molecule has 0 spiro atoms. The van der Waals surface area contributed by atoms with Crippen molar-refractivity contribution in [1.82, 2.24) is 9.78 Å². The van der Waals surface area contributed by atoms with E-state index in [0.29, 0.717) is 33.0 Å². The van der Waals surface area contributed by atoms with Crippen molar-refractivity contribution >= 4 is 46.5 Å². The van der Waals surface area contributed by atoms with Crippen molar-refractivity contribution in [3.8, 4) is 16.9 Å².